The highest BCUT2D eigenvalue weighted by Crippen LogP contribution is 2.29. The molecule has 0 radical (unpaired) electrons. The van der Waals surface area contributed by atoms with Gasteiger partial charge in [0.05, 0.1) is 19.7 Å². The molecule has 1 heterocycles. The summed E-state index contributed by atoms with van der Waals surface area (Å²) < 4.78 is 4.94. The van der Waals surface area contributed by atoms with Gasteiger partial charge in [0.1, 0.15) is 12.1 Å². The topological polar surface area (TPSA) is 111 Å². The quantitative estimate of drug-likeness (QED) is 0.328. The summed E-state index contributed by atoms with van der Waals surface area (Å²) >= 11 is 0. The zero-order chi connectivity index (χ0) is 33.4. The van der Waals surface area contributed by atoms with Crippen molar-refractivity contribution in [3.8, 4) is 0 Å². The van der Waals surface area contributed by atoms with Crippen molar-refractivity contribution in [2.45, 2.75) is 97.3 Å². The molecule has 0 saturated carbocycles. The van der Waals surface area contributed by atoms with Crippen molar-refractivity contribution < 1.29 is 23.9 Å². The lowest BCUT2D eigenvalue weighted by molar-refractivity contribution is -0.155. The molecule has 1 aliphatic heterocycles. The molecule has 0 aromatic heterocycles. The number of methoxy groups -OCH3 is 1. The van der Waals surface area contributed by atoms with E-state index in [1.807, 2.05) is 90.7 Å². The van der Waals surface area contributed by atoms with E-state index < -0.39 is 29.0 Å². The van der Waals surface area contributed by atoms with E-state index in [9.17, 15) is 19.2 Å². The molecule has 1 aliphatic rings. The lowest BCUT2D eigenvalue weighted by Crippen LogP contribution is -2.62. The van der Waals surface area contributed by atoms with Crippen LogP contribution in [0.4, 0.5) is 0 Å². The Labute approximate surface area is 265 Å². The molecule has 1 saturated heterocycles. The van der Waals surface area contributed by atoms with E-state index in [1.54, 1.807) is 23.9 Å². The van der Waals surface area contributed by atoms with Gasteiger partial charge in [0.25, 0.3) is 0 Å². The summed E-state index contributed by atoms with van der Waals surface area (Å²) in [5.74, 6) is -0.850. The molecule has 1 fully saturated rings. The Balaban J connectivity index is 2.21. The number of nitrogens with zero attached hydrogens (tertiary/aromatic N) is 3. The van der Waals surface area contributed by atoms with E-state index in [1.165, 1.54) is 7.11 Å². The number of rotatable bonds is 13. The van der Waals surface area contributed by atoms with Crippen LogP contribution in [-0.2, 0) is 29.3 Å². The molecule has 0 spiro atoms. The fraction of sp³-hybridized carbons (Fsp3) is 0.706. The van der Waals surface area contributed by atoms with E-state index in [0.29, 0.717) is 19.5 Å². The van der Waals surface area contributed by atoms with Crippen LogP contribution < -0.4 is 10.6 Å². The van der Waals surface area contributed by atoms with Gasteiger partial charge < -0.3 is 25.2 Å². The Morgan fingerprint density at radius 2 is 1.61 bits per heavy atom. The van der Waals surface area contributed by atoms with Gasteiger partial charge in [-0.25, -0.2) is 4.79 Å². The van der Waals surface area contributed by atoms with E-state index in [-0.39, 0.29) is 42.2 Å². The minimum Gasteiger partial charge on any atom is -0.467 e. The van der Waals surface area contributed by atoms with Gasteiger partial charge in [0.15, 0.2) is 0 Å². The van der Waals surface area contributed by atoms with Gasteiger partial charge in [-0.2, -0.15) is 0 Å². The van der Waals surface area contributed by atoms with E-state index >= 15 is 0 Å². The normalized spacial score (nSPS) is 18.0. The van der Waals surface area contributed by atoms with Crippen LogP contribution in [-0.4, -0.2) is 110 Å². The molecule has 10 nitrogen and oxygen atoms in total. The third-order valence-electron chi connectivity index (χ3n) is 9.00. The van der Waals surface area contributed by atoms with Crippen molar-refractivity contribution in [1.29, 1.82) is 0 Å². The van der Waals surface area contributed by atoms with Gasteiger partial charge in [-0.05, 0) is 50.3 Å². The molecule has 2 N–H and O–H groups in total. The summed E-state index contributed by atoms with van der Waals surface area (Å²) in [4.78, 5) is 58.8. The number of carbonyl (C=O) groups is 4. The summed E-state index contributed by atoms with van der Waals surface area (Å²) in [7, 11) is 6.74. The number of piperidine rings is 1. The highest BCUT2D eigenvalue weighted by atomic mass is 16.5. The smallest absolute Gasteiger partial charge is 0.328 e. The summed E-state index contributed by atoms with van der Waals surface area (Å²) in [6, 6.07) is 7.76. The number of carbonyl (C=O) groups excluding carboxylic acids is 4. The molecular weight excluding hydrogens is 558 g/mol. The molecule has 2 rings (SSSR count). The summed E-state index contributed by atoms with van der Waals surface area (Å²) in [5, 5.41) is 6.28. The fourth-order valence-corrected chi connectivity index (χ4v) is 6.19. The molecule has 44 heavy (non-hydrogen) atoms. The minimum atomic E-state index is -0.773. The molecule has 0 bridgehead atoms. The summed E-state index contributed by atoms with van der Waals surface area (Å²) in [5.41, 5.74) is -0.0734. The SMILES string of the molecule is CNC(C(=O)N[C@H](C(=O)N(C)[C@H](CN(C)CC(=O)N1CCCC[C@H]1C(=O)OC)C(C)C)C(C)(C)C)C(C)(C)c1ccccc1. The standard InChI is InChI=1S/C34H57N5O5/c1-23(2)26(21-37(9)22-27(40)39-20-16-15-19-25(39)32(43)44-11)38(10)31(42)29(33(3,4)5)36-30(41)28(35-8)34(6,7)24-17-13-12-14-18-24/h12-14,17-18,23,25-26,28-29,35H,15-16,19-22H2,1-11H3,(H,36,41)/t25-,26+,28?,29+/m0/s1. The first kappa shape index (κ1) is 37.2. The number of likely N-dealkylation sites (N-methyl/N-ethyl adjacent to an activating group) is 3. The van der Waals surface area contributed by atoms with Crippen LogP contribution in [0.25, 0.3) is 0 Å². The Morgan fingerprint density at radius 3 is 2.14 bits per heavy atom. The Bertz CT molecular complexity index is 1120. The Morgan fingerprint density at radius 1 is 1.00 bits per heavy atom. The maximum Gasteiger partial charge on any atom is 0.328 e. The van der Waals surface area contributed by atoms with Crippen molar-refractivity contribution in [3.63, 3.8) is 0 Å². The first-order valence-corrected chi connectivity index (χ1v) is 15.8. The molecule has 3 amide bonds. The fourth-order valence-electron chi connectivity index (χ4n) is 6.19. The number of hydrogen-bond donors (Lipinski definition) is 2. The van der Waals surface area contributed by atoms with Gasteiger partial charge in [0.2, 0.25) is 17.7 Å². The van der Waals surface area contributed by atoms with Gasteiger partial charge in [-0.15, -0.1) is 0 Å². The third-order valence-corrected chi connectivity index (χ3v) is 9.00. The summed E-state index contributed by atoms with van der Waals surface area (Å²) in [6.07, 6.45) is 2.34. The van der Waals surface area contributed by atoms with E-state index in [4.69, 9.17) is 4.74 Å². The zero-order valence-corrected chi connectivity index (χ0v) is 28.9. The molecular formula is C34H57N5O5. The number of nitrogens with one attached hydrogen (secondary N) is 2. The molecule has 0 aliphatic carbocycles. The van der Waals surface area contributed by atoms with E-state index in [0.717, 1.165) is 18.4 Å². The largest absolute Gasteiger partial charge is 0.467 e. The highest BCUT2D eigenvalue weighted by molar-refractivity contribution is 5.91. The van der Waals surface area contributed by atoms with Crippen molar-refractivity contribution >= 4 is 23.7 Å². The number of amides is 3. The van der Waals surface area contributed by atoms with Crippen LogP contribution in [0, 0.1) is 11.3 Å². The zero-order valence-electron chi connectivity index (χ0n) is 28.9. The number of esters is 1. The molecule has 248 valence electrons. The van der Waals surface area contributed by atoms with Crippen molar-refractivity contribution in [2.24, 2.45) is 11.3 Å². The predicted molar refractivity (Wildman–Crippen MR) is 174 cm³/mol. The van der Waals surface area contributed by atoms with Crippen molar-refractivity contribution in [1.82, 2.24) is 25.3 Å². The third kappa shape index (κ3) is 9.27. The van der Waals surface area contributed by atoms with E-state index in [2.05, 4.69) is 10.6 Å². The number of benzene rings is 1. The molecule has 1 aromatic rings. The van der Waals surface area contributed by atoms with Crippen LogP contribution in [0.2, 0.25) is 0 Å². The second-order valence-corrected chi connectivity index (χ2v) is 14.2. The van der Waals surface area contributed by atoms with Crippen LogP contribution >= 0.6 is 0 Å². The number of likely N-dealkylation sites (tertiary alicyclic amines) is 1. The van der Waals surface area contributed by atoms with Gasteiger partial charge >= 0.3 is 5.97 Å². The number of ether oxygens (including phenoxy) is 1. The predicted octanol–water partition coefficient (Wildman–Crippen LogP) is 3.05. The minimum absolute atomic E-state index is 0.0812. The van der Waals surface area contributed by atoms with Crippen molar-refractivity contribution in [2.75, 3.05) is 47.9 Å². The molecule has 4 atom stereocenters. The highest BCUT2D eigenvalue weighted by Gasteiger charge is 2.42. The summed E-state index contributed by atoms with van der Waals surface area (Å²) in [6.45, 7) is 15.1. The lowest BCUT2D eigenvalue weighted by atomic mass is 9.76. The number of hydrogen-bond acceptors (Lipinski definition) is 7. The Hall–Kier alpha value is -2.98. The second-order valence-electron chi connectivity index (χ2n) is 14.2. The second kappa shape index (κ2) is 15.8. The maximum atomic E-state index is 14.1. The van der Waals surface area contributed by atoms with Crippen LogP contribution in [0.3, 0.4) is 0 Å². The van der Waals surface area contributed by atoms with Crippen LogP contribution in [0.15, 0.2) is 30.3 Å². The Kier molecular flexibility index (Phi) is 13.4. The first-order chi connectivity index (χ1) is 20.5. The average molecular weight is 616 g/mol. The lowest BCUT2D eigenvalue weighted by Gasteiger charge is -2.41. The molecule has 1 unspecified atom stereocenters. The van der Waals surface area contributed by atoms with Gasteiger partial charge in [-0.1, -0.05) is 78.8 Å². The van der Waals surface area contributed by atoms with Crippen LogP contribution in [0.1, 0.15) is 73.3 Å². The maximum absolute atomic E-state index is 14.1. The van der Waals surface area contributed by atoms with Gasteiger partial charge in [-0.3, -0.25) is 19.3 Å². The van der Waals surface area contributed by atoms with Crippen LogP contribution in [0.5, 0.6) is 0 Å². The first-order valence-electron chi connectivity index (χ1n) is 15.8. The monoisotopic (exact) mass is 615 g/mol. The average Bonchev–Trinajstić information content (AvgIpc) is 2.97. The molecule has 1 aromatic carbocycles. The van der Waals surface area contributed by atoms with Gasteiger partial charge in [0, 0.05) is 31.6 Å². The molecule has 10 heteroatoms. The van der Waals surface area contributed by atoms with Crippen molar-refractivity contribution in [3.05, 3.63) is 35.9 Å².